The van der Waals surface area contributed by atoms with Crippen LogP contribution in [0.5, 0.6) is 0 Å². The van der Waals surface area contributed by atoms with E-state index in [1.807, 2.05) is 13.1 Å². The minimum Gasteiger partial charge on any atom is -0.477 e. The Kier molecular flexibility index (Phi) is 5.10. The summed E-state index contributed by atoms with van der Waals surface area (Å²) in [7, 11) is 2.03. The van der Waals surface area contributed by atoms with Crippen molar-refractivity contribution < 1.29 is 9.90 Å². The third kappa shape index (κ3) is 4.53. The molecule has 1 heterocycles. The Balaban J connectivity index is 2.62. The number of nitrogens with zero attached hydrogens (tertiary/aromatic N) is 2. The Morgan fingerprint density at radius 1 is 1.53 bits per heavy atom. The predicted molar refractivity (Wildman–Crippen MR) is 67.0 cm³/mol. The van der Waals surface area contributed by atoms with E-state index < -0.39 is 5.97 Å². The second-order valence-corrected chi connectivity index (χ2v) is 4.53. The molecule has 0 radical (unpaired) electrons. The van der Waals surface area contributed by atoms with Gasteiger partial charge in [-0.3, -0.25) is 0 Å². The van der Waals surface area contributed by atoms with Gasteiger partial charge in [0.2, 0.25) is 0 Å². The Labute approximate surface area is 102 Å². The first-order valence-electron chi connectivity index (χ1n) is 5.90. The maximum absolute atomic E-state index is 10.8. The van der Waals surface area contributed by atoms with E-state index in [1.54, 1.807) is 6.07 Å². The summed E-state index contributed by atoms with van der Waals surface area (Å²) in [4.78, 5) is 17.1. The Morgan fingerprint density at radius 3 is 2.82 bits per heavy atom. The molecule has 0 saturated carbocycles. The molecular weight excluding hydrogens is 216 g/mol. The van der Waals surface area contributed by atoms with E-state index in [-0.39, 0.29) is 5.69 Å². The fourth-order valence-electron chi connectivity index (χ4n) is 1.69. The number of carboxylic acids is 1. The van der Waals surface area contributed by atoms with Crippen LogP contribution in [0.3, 0.4) is 0 Å². The lowest BCUT2D eigenvalue weighted by molar-refractivity contribution is 0.0690. The zero-order valence-corrected chi connectivity index (χ0v) is 10.7. The van der Waals surface area contributed by atoms with Gasteiger partial charge in [-0.05, 0) is 25.1 Å². The fourth-order valence-corrected chi connectivity index (χ4v) is 1.69. The Hall–Kier alpha value is -1.42. The fraction of sp³-hybridized carbons (Fsp3) is 0.538. The van der Waals surface area contributed by atoms with Crippen LogP contribution in [0.2, 0.25) is 0 Å². The van der Waals surface area contributed by atoms with Crippen molar-refractivity contribution in [3.8, 4) is 0 Å². The second kappa shape index (κ2) is 6.35. The number of aromatic nitrogens is 1. The Bertz CT molecular complexity index is 379. The van der Waals surface area contributed by atoms with Gasteiger partial charge in [-0.2, -0.15) is 0 Å². The van der Waals surface area contributed by atoms with Crippen molar-refractivity contribution in [2.75, 3.05) is 13.6 Å². The topological polar surface area (TPSA) is 53.4 Å². The molecule has 17 heavy (non-hydrogen) atoms. The number of carbonyl (C=O) groups is 1. The average molecular weight is 236 g/mol. The molecule has 4 nitrogen and oxygen atoms in total. The number of pyridine rings is 1. The van der Waals surface area contributed by atoms with Gasteiger partial charge >= 0.3 is 5.97 Å². The van der Waals surface area contributed by atoms with Gasteiger partial charge in [0.15, 0.2) is 0 Å². The smallest absolute Gasteiger partial charge is 0.354 e. The van der Waals surface area contributed by atoms with Crippen molar-refractivity contribution in [2.45, 2.75) is 26.8 Å². The zero-order chi connectivity index (χ0) is 12.8. The molecule has 0 aliphatic heterocycles. The highest BCUT2D eigenvalue weighted by molar-refractivity contribution is 5.85. The molecule has 1 rings (SSSR count). The van der Waals surface area contributed by atoms with Crippen molar-refractivity contribution in [3.05, 3.63) is 29.6 Å². The SMILES string of the molecule is CCC(C)CN(C)Cc1cccc(C(=O)O)n1. The van der Waals surface area contributed by atoms with Gasteiger partial charge in [-0.25, -0.2) is 9.78 Å². The number of hydrogen-bond donors (Lipinski definition) is 1. The van der Waals surface area contributed by atoms with Crippen molar-refractivity contribution in [3.63, 3.8) is 0 Å². The van der Waals surface area contributed by atoms with E-state index in [4.69, 9.17) is 5.11 Å². The molecule has 1 aromatic rings. The quantitative estimate of drug-likeness (QED) is 0.823. The average Bonchev–Trinajstić information content (AvgIpc) is 2.28. The maximum Gasteiger partial charge on any atom is 0.354 e. The van der Waals surface area contributed by atoms with Gasteiger partial charge in [0.1, 0.15) is 5.69 Å². The molecule has 1 aromatic heterocycles. The van der Waals surface area contributed by atoms with Crippen LogP contribution < -0.4 is 0 Å². The maximum atomic E-state index is 10.8. The monoisotopic (exact) mass is 236 g/mol. The molecule has 0 bridgehead atoms. The summed E-state index contributed by atoms with van der Waals surface area (Å²) in [5.74, 6) is -0.334. The van der Waals surface area contributed by atoms with Gasteiger partial charge in [0.05, 0.1) is 5.69 Å². The molecule has 0 spiro atoms. The third-order valence-electron chi connectivity index (χ3n) is 2.78. The first kappa shape index (κ1) is 13.6. The molecule has 0 amide bonds. The lowest BCUT2D eigenvalue weighted by Crippen LogP contribution is -2.24. The number of rotatable bonds is 6. The molecule has 0 fully saturated rings. The van der Waals surface area contributed by atoms with Crippen LogP contribution in [-0.2, 0) is 6.54 Å². The van der Waals surface area contributed by atoms with Crippen LogP contribution in [0.1, 0.15) is 36.5 Å². The van der Waals surface area contributed by atoms with Crippen molar-refractivity contribution in [1.29, 1.82) is 0 Å². The largest absolute Gasteiger partial charge is 0.477 e. The Morgan fingerprint density at radius 2 is 2.24 bits per heavy atom. The normalized spacial score (nSPS) is 12.7. The van der Waals surface area contributed by atoms with Crippen molar-refractivity contribution in [2.24, 2.45) is 5.92 Å². The summed E-state index contributed by atoms with van der Waals surface area (Å²) in [5.41, 5.74) is 0.912. The van der Waals surface area contributed by atoms with Gasteiger partial charge in [-0.1, -0.05) is 26.3 Å². The molecule has 1 unspecified atom stereocenters. The van der Waals surface area contributed by atoms with E-state index in [0.29, 0.717) is 12.5 Å². The van der Waals surface area contributed by atoms with Crippen LogP contribution in [0.4, 0.5) is 0 Å². The first-order chi connectivity index (χ1) is 8.02. The van der Waals surface area contributed by atoms with Gasteiger partial charge in [0.25, 0.3) is 0 Å². The van der Waals surface area contributed by atoms with Crippen LogP contribution in [-0.4, -0.2) is 34.6 Å². The summed E-state index contributed by atoms with van der Waals surface area (Å²) in [6.07, 6.45) is 1.15. The number of aromatic carboxylic acids is 1. The minimum absolute atomic E-state index is 0.111. The number of carboxylic acid groups (broad SMARTS) is 1. The van der Waals surface area contributed by atoms with Crippen LogP contribution in [0.25, 0.3) is 0 Å². The van der Waals surface area contributed by atoms with Crippen molar-refractivity contribution >= 4 is 5.97 Å². The molecular formula is C13H20N2O2. The third-order valence-corrected chi connectivity index (χ3v) is 2.78. The molecule has 1 atom stereocenters. The van der Waals surface area contributed by atoms with Crippen LogP contribution in [0, 0.1) is 5.92 Å². The summed E-state index contributed by atoms with van der Waals surface area (Å²) in [6, 6.07) is 5.11. The first-order valence-corrected chi connectivity index (χ1v) is 5.90. The summed E-state index contributed by atoms with van der Waals surface area (Å²) < 4.78 is 0. The molecule has 4 heteroatoms. The van der Waals surface area contributed by atoms with Crippen LogP contribution >= 0.6 is 0 Å². The van der Waals surface area contributed by atoms with Gasteiger partial charge < -0.3 is 10.0 Å². The summed E-state index contributed by atoms with van der Waals surface area (Å²) >= 11 is 0. The molecule has 0 saturated heterocycles. The summed E-state index contributed by atoms with van der Waals surface area (Å²) in [6.45, 7) is 6.06. The molecule has 1 N–H and O–H groups in total. The lowest BCUT2D eigenvalue weighted by Gasteiger charge is -2.19. The van der Waals surface area contributed by atoms with Gasteiger partial charge in [0, 0.05) is 13.1 Å². The van der Waals surface area contributed by atoms with E-state index in [9.17, 15) is 4.79 Å². The van der Waals surface area contributed by atoms with E-state index >= 15 is 0 Å². The van der Waals surface area contributed by atoms with Crippen molar-refractivity contribution in [1.82, 2.24) is 9.88 Å². The van der Waals surface area contributed by atoms with Crippen LogP contribution in [0.15, 0.2) is 18.2 Å². The number of hydrogen-bond acceptors (Lipinski definition) is 3. The highest BCUT2D eigenvalue weighted by Gasteiger charge is 2.08. The van der Waals surface area contributed by atoms with E-state index in [1.165, 1.54) is 6.07 Å². The second-order valence-electron chi connectivity index (χ2n) is 4.53. The highest BCUT2D eigenvalue weighted by atomic mass is 16.4. The molecule has 0 aliphatic carbocycles. The highest BCUT2D eigenvalue weighted by Crippen LogP contribution is 2.07. The standard InChI is InChI=1S/C13H20N2O2/c1-4-10(2)8-15(3)9-11-6-5-7-12(14-11)13(16)17/h5-7,10H,4,8-9H2,1-3H3,(H,16,17). The van der Waals surface area contributed by atoms with E-state index in [2.05, 4.69) is 23.7 Å². The van der Waals surface area contributed by atoms with Gasteiger partial charge in [-0.15, -0.1) is 0 Å². The van der Waals surface area contributed by atoms with E-state index in [0.717, 1.165) is 18.7 Å². The predicted octanol–water partition coefficient (Wildman–Crippen LogP) is 2.26. The zero-order valence-electron chi connectivity index (χ0n) is 10.7. The molecule has 0 aromatic carbocycles. The summed E-state index contributed by atoms with van der Waals surface area (Å²) in [5, 5.41) is 8.85. The molecule has 0 aliphatic rings. The minimum atomic E-state index is -0.976. The lowest BCUT2D eigenvalue weighted by atomic mass is 10.1. The molecule has 94 valence electrons.